The second kappa shape index (κ2) is 3.93. The van der Waals surface area contributed by atoms with E-state index in [9.17, 15) is 4.79 Å². The van der Waals surface area contributed by atoms with E-state index in [0.29, 0.717) is 18.4 Å². The highest BCUT2D eigenvalue weighted by Gasteiger charge is 2.23. The third-order valence-electron chi connectivity index (χ3n) is 2.80. The van der Waals surface area contributed by atoms with Crippen LogP contribution in [-0.2, 0) is 4.79 Å². The first-order chi connectivity index (χ1) is 7.15. The maximum absolute atomic E-state index is 10.4. The molecule has 0 radical (unpaired) electrons. The summed E-state index contributed by atoms with van der Waals surface area (Å²) >= 11 is 0. The van der Waals surface area contributed by atoms with Gasteiger partial charge in [-0.3, -0.25) is 4.79 Å². The summed E-state index contributed by atoms with van der Waals surface area (Å²) in [5, 5.41) is 12.0. The van der Waals surface area contributed by atoms with Gasteiger partial charge in [0.15, 0.2) is 0 Å². The molecule has 0 spiro atoms. The molecule has 0 aromatic rings. The van der Waals surface area contributed by atoms with Crippen LogP contribution in [0.2, 0.25) is 0 Å². The van der Waals surface area contributed by atoms with Crippen LogP contribution in [0.4, 0.5) is 0 Å². The highest BCUT2D eigenvalue weighted by molar-refractivity contribution is 5.67. The molecule has 0 bridgehead atoms. The monoisotopic (exact) mass is 205 g/mol. The Morgan fingerprint density at radius 3 is 3.07 bits per heavy atom. The number of carboxylic acid groups (broad SMARTS) is 1. The summed E-state index contributed by atoms with van der Waals surface area (Å²) in [5.41, 5.74) is 2.33. The number of carbonyl (C=O) groups is 1. The summed E-state index contributed by atoms with van der Waals surface area (Å²) in [6.45, 7) is 2.05. The molecule has 0 aromatic heterocycles. The van der Waals surface area contributed by atoms with Gasteiger partial charge in [0.25, 0.3) is 0 Å². The van der Waals surface area contributed by atoms with Crippen molar-refractivity contribution in [3.63, 3.8) is 0 Å². The number of hydrogen-bond donors (Lipinski definition) is 2. The van der Waals surface area contributed by atoms with Gasteiger partial charge in [0.2, 0.25) is 0 Å². The van der Waals surface area contributed by atoms with Crippen molar-refractivity contribution in [3.05, 3.63) is 35.6 Å². The molecule has 3 nitrogen and oxygen atoms in total. The topological polar surface area (TPSA) is 49.3 Å². The van der Waals surface area contributed by atoms with E-state index in [1.165, 1.54) is 5.70 Å². The molecule has 2 rings (SSSR count). The molecular formula is C12H15NO2. The number of nitrogens with one attached hydrogen (secondary N) is 1. The third-order valence-corrected chi connectivity index (χ3v) is 2.80. The van der Waals surface area contributed by atoms with Gasteiger partial charge in [-0.25, -0.2) is 0 Å². The first-order valence-corrected chi connectivity index (χ1v) is 5.21. The van der Waals surface area contributed by atoms with Crippen molar-refractivity contribution >= 4 is 5.97 Å². The first kappa shape index (κ1) is 10.0. The summed E-state index contributed by atoms with van der Waals surface area (Å²) in [6.07, 6.45) is 9.34. The van der Waals surface area contributed by atoms with Crippen LogP contribution in [0.1, 0.15) is 19.8 Å². The summed E-state index contributed by atoms with van der Waals surface area (Å²) in [4.78, 5) is 10.4. The lowest BCUT2D eigenvalue weighted by Crippen LogP contribution is -2.26. The molecule has 15 heavy (non-hydrogen) atoms. The van der Waals surface area contributed by atoms with E-state index in [4.69, 9.17) is 5.11 Å². The Kier molecular flexibility index (Phi) is 2.62. The van der Waals surface area contributed by atoms with E-state index in [0.717, 1.165) is 5.57 Å². The van der Waals surface area contributed by atoms with Gasteiger partial charge in [0, 0.05) is 18.0 Å². The second-order valence-corrected chi connectivity index (χ2v) is 4.09. The van der Waals surface area contributed by atoms with Gasteiger partial charge in [0.05, 0.1) is 6.04 Å². The molecule has 2 atom stereocenters. The number of fused-ring (bicyclic) bond motifs is 1. The molecule has 2 unspecified atom stereocenters. The van der Waals surface area contributed by atoms with Gasteiger partial charge in [0.1, 0.15) is 0 Å². The molecule has 1 aliphatic heterocycles. The van der Waals surface area contributed by atoms with Gasteiger partial charge in [-0.05, 0) is 13.3 Å². The summed E-state index contributed by atoms with van der Waals surface area (Å²) in [7, 11) is 0. The van der Waals surface area contributed by atoms with Gasteiger partial charge in [-0.15, -0.1) is 0 Å². The highest BCUT2D eigenvalue weighted by atomic mass is 16.4. The van der Waals surface area contributed by atoms with Crippen LogP contribution in [-0.4, -0.2) is 17.1 Å². The number of allylic oxidation sites excluding steroid dienone is 3. The molecule has 0 fully saturated rings. The Morgan fingerprint density at radius 1 is 1.53 bits per heavy atom. The molecule has 3 heteroatoms. The zero-order chi connectivity index (χ0) is 10.8. The molecular weight excluding hydrogens is 190 g/mol. The van der Waals surface area contributed by atoms with Crippen molar-refractivity contribution in [1.82, 2.24) is 5.32 Å². The van der Waals surface area contributed by atoms with E-state index in [-0.39, 0.29) is 6.42 Å². The molecule has 0 saturated heterocycles. The normalized spacial score (nSPS) is 27.8. The third kappa shape index (κ3) is 2.29. The predicted octanol–water partition coefficient (Wildman–Crippen LogP) is 1.84. The molecule has 80 valence electrons. The quantitative estimate of drug-likeness (QED) is 0.739. The summed E-state index contributed by atoms with van der Waals surface area (Å²) in [6, 6.07) is 0.374. The summed E-state index contributed by atoms with van der Waals surface area (Å²) < 4.78 is 0. The molecule has 0 saturated carbocycles. The van der Waals surface area contributed by atoms with Crippen LogP contribution in [0.25, 0.3) is 0 Å². The van der Waals surface area contributed by atoms with Crippen molar-refractivity contribution in [3.8, 4) is 0 Å². The minimum atomic E-state index is -0.734. The van der Waals surface area contributed by atoms with Crippen molar-refractivity contribution in [2.45, 2.75) is 25.8 Å². The lowest BCUT2D eigenvalue weighted by molar-refractivity contribution is -0.136. The largest absolute Gasteiger partial charge is 0.481 e. The van der Waals surface area contributed by atoms with Crippen molar-refractivity contribution in [1.29, 1.82) is 0 Å². The fourth-order valence-electron chi connectivity index (χ4n) is 2.08. The van der Waals surface area contributed by atoms with E-state index in [2.05, 4.69) is 30.5 Å². The molecule has 0 aromatic carbocycles. The lowest BCUT2D eigenvalue weighted by atomic mass is 9.91. The predicted molar refractivity (Wildman–Crippen MR) is 58.3 cm³/mol. The molecule has 0 amide bonds. The number of rotatable bonds is 3. The fourth-order valence-corrected chi connectivity index (χ4v) is 2.08. The molecule has 1 heterocycles. The number of hydrogen-bond acceptors (Lipinski definition) is 2. The maximum Gasteiger partial charge on any atom is 0.303 e. The van der Waals surface area contributed by atoms with E-state index in [1.54, 1.807) is 0 Å². The highest BCUT2D eigenvalue weighted by Crippen LogP contribution is 2.26. The Hall–Kier alpha value is -1.51. The smallest absolute Gasteiger partial charge is 0.303 e. The Bertz CT molecular complexity index is 366. The average molecular weight is 205 g/mol. The van der Waals surface area contributed by atoms with Gasteiger partial charge in [-0.2, -0.15) is 0 Å². The average Bonchev–Trinajstić information content (AvgIpc) is 2.53. The van der Waals surface area contributed by atoms with Gasteiger partial charge < -0.3 is 10.4 Å². The molecule has 2 N–H and O–H groups in total. The first-order valence-electron chi connectivity index (χ1n) is 5.21. The maximum atomic E-state index is 10.4. The Morgan fingerprint density at radius 2 is 2.33 bits per heavy atom. The van der Waals surface area contributed by atoms with Gasteiger partial charge in [-0.1, -0.05) is 29.9 Å². The van der Waals surface area contributed by atoms with Crippen LogP contribution < -0.4 is 5.32 Å². The minimum absolute atomic E-state index is 0.212. The fraction of sp³-hybridized carbons (Fsp3) is 0.417. The van der Waals surface area contributed by atoms with Crippen LogP contribution in [0.3, 0.4) is 0 Å². The SMILES string of the molecule is CC1=CC2C=C(CCC(=O)O)C=CC2N1. The van der Waals surface area contributed by atoms with Crippen LogP contribution in [0, 0.1) is 5.92 Å². The van der Waals surface area contributed by atoms with E-state index in [1.807, 2.05) is 6.08 Å². The molecule has 1 aliphatic carbocycles. The second-order valence-electron chi connectivity index (χ2n) is 4.09. The van der Waals surface area contributed by atoms with Crippen molar-refractivity contribution < 1.29 is 9.90 Å². The Labute approximate surface area is 89.2 Å². The molecule has 2 aliphatic rings. The van der Waals surface area contributed by atoms with Gasteiger partial charge >= 0.3 is 5.97 Å². The number of carboxylic acids is 1. The van der Waals surface area contributed by atoms with Crippen LogP contribution >= 0.6 is 0 Å². The van der Waals surface area contributed by atoms with Crippen LogP contribution in [0.15, 0.2) is 35.6 Å². The number of aliphatic carboxylic acids is 1. The van der Waals surface area contributed by atoms with Crippen LogP contribution in [0.5, 0.6) is 0 Å². The standard InChI is InChI=1S/C12H15NO2/c1-8-6-10-7-9(3-5-12(14)15)2-4-11(10)13-8/h2,4,6-7,10-11,13H,3,5H2,1H3,(H,14,15). The Balaban J connectivity index is 2.00. The van der Waals surface area contributed by atoms with Crippen molar-refractivity contribution in [2.24, 2.45) is 5.92 Å². The van der Waals surface area contributed by atoms with E-state index < -0.39 is 5.97 Å². The zero-order valence-electron chi connectivity index (χ0n) is 8.73. The minimum Gasteiger partial charge on any atom is -0.481 e. The lowest BCUT2D eigenvalue weighted by Gasteiger charge is -2.19. The summed E-state index contributed by atoms with van der Waals surface area (Å²) in [5.74, 6) is -0.332. The van der Waals surface area contributed by atoms with Crippen molar-refractivity contribution in [2.75, 3.05) is 0 Å². The van der Waals surface area contributed by atoms with E-state index >= 15 is 0 Å². The zero-order valence-corrected chi connectivity index (χ0v) is 8.73.